The monoisotopic (exact) mass is 234 g/mol. The second kappa shape index (κ2) is 6.13. The summed E-state index contributed by atoms with van der Waals surface area (Å²) in [5.74, 6) is -0.166. The lowest BCUT2D eigenvalue weighted by Gasteiger charge is -2.23. The van der Waals surface area contributed by atoms with Crippen LogP contribution in [0.25, 0.3) is 0 Å². The molecule has 2 atom stereocenters. The summed E-state index contributed by atoms with van der Waals surface area (Å²) >= 11 is 0. The highest BCUT2D eigenvalue weighted by molar-refractivity contribution is 5.84. The highest BCUT2D eigenvalue weighted by Gasteiger charge is 2.38. The smallest absolute Gasteiger partial charge is 0.255 e. The number of nitrogens with one attached hydrogen (secondary N) is 1. The minimum atomic E-state index is -2.45. The fraction of sp³-hybridized carbons (Fsp3) is 0.909. The van der Waals surface area contributed by atoms with Gasteiger partial charge in [0, 0.05) is 0 Å². The van der Waals surface area contributed by atoms with Crippen molar-refractivity contribution in [1.82, 2.24) is 10.2 Å². The van der Waals surface area contributed by atoms with Crippen LogP contribution < -0.4 is 5.32 Å². The first-order valence-electron chi connectivity index (χ1n) is 5.94. The summed E-state index contributed by atoms with van der Waals surface area (Å²) in [7, 11) is 0. The molecule has 16 heavy (non-hydrogen) atoms. The Bertz CT molecular complexity index is 236. The standard InChI is InChI=1S/C11H20F2N2O/c1-3-5-8-11(16)15(7-9(12)13)10(14-8)6-4-2/h8-10,14H,3-7H2,1-2H3. The molecule has 94 valence electrons. The third kappa shape index (κ3) is 3.14. The fourth-order valence-electron chi connectivity index (χ4n) is 2.12. The van der Waals surface area contributed by atoms with Crippen molar-refractivity contribution in [3.8, 4) is 0 Å². The van der Waals surface area contributed by atoms with E-state index in [2.05, 4.69) is 5.32 Å². The minimum absolute atomic E-state index is 0.166. The SMILES string of the molecule is CCCC1NC(CCC)N(CC(F)F)C1=O. The highest BCUT2D eigenvalue weighted by Crippen LogP contribution is 2.19. The molecule has 1 fully saturated rings. The van der Waals surface area contributed by atoms with Crippen LogP contribution in [-0.4, -0.2) is 36.0 Å². The van der Waals surface area contributed by atoms with Crippen LogP contribution in [0.2, 0.25) is 0 Å². The van der Waals surface area contributed by atoms with Gasteiger partial charge in [0.15, 0.2) is 0 Å². The molecule has 0 aromatic carbocycles. The lowest BCUT2D eigenvalue weighted by Crippen LogP contribution is -2.40. The number of alkyl halides is 2. The van der Waals surface area contributed by atoms with Gasteiger partial charge in [-0.2, -0.15) is 0 Å². The number of carbonyl (C=O) groups excluding carboxylic acids is 1. The molecule has 0 aromatic heterocycles. The molecule has 0 bridgehead atoms. The number of rotatable bonds is 6. The van der Waals surface area contributed by atoms with Crippen LogP contribution in [0.3, 0.4) is 0 Å². The van der Waals surface area contributed by atoms with Gasteiger partial charge >= 0.3 is 0 Å². The van der Waals surface area contributed by atoms with Crippen LogP contribution in [-0.2, 0) is 4.79 Å². The second-order valence-electron chi connectivity index (χ2n) is 4.19. The molecular weight excluding hydrogens is 214 g/mol. The number of hydrogen-bond donors (Lipinski definition) is 1. The highest BCUT2D eigenvalue weighted by atomic mass is 19.3. The van der Waals surface area contributed by atoms with Crippen molar-refractivity contribution in [2.75, 3.05) is 6.54 Å². The summed E-state index contributed by atoms with van der Waals surface area (Å²) in [6, 6.07) is -0.264. The quantitative estimate of drug-likeness (QED) is 0.762. The normalized spacial score (nSPS) is 25.8. The minimum Gasteiger partial charge on any atom is -0.320 e. The van der Waals surface area contributed by atoms with Gasteiger partial charge in [-0.15, -0.1) is 0 Å². The van der Waals surface area contributed by atoms with E-state index in [0.717, 1.165) is 25.7 Å². The van der Waals surface area contributed by atoms with Gasteiger partial charge in [0.2, 0.25) is 5.91 Å². The van der Waals surface area contributed by atoms with Crippen LogP contribution in [0.15, 0.2) is 0 Å². The molecule has 1 amide bonds. The second-order valence-corrected chi connectivity index (χ2v) is 4.19. The largest absolute Gasteiger partial charge is 0.320 e. The van der Waals surface area contributed by atoms with Crippen LogP contribution in [0.4, 0.5) is 8.78 Å². The summed E-state index contributed by atoms with van der Waals surface area (Å²) in [6.07, 6.45) is 0.555. The summed E-state index contributed by atoms with van der Waals surface area (Å²) in [5, 5.41) is 3.14. The number of carbonyl (C=O) groups is 1. The van der Waals surface area contributed by atoms with Gasteiger partial charge in [-0.1, -0.05) is 26.7 Å². The first-order valence-corrected chi connectivity index (χ1v) is 5.94. The predicted octanol–water partition coefficient (Wildman–Crippen LogP) is 1.98. The fourth-order valence-corrected chi connectivity index (χ4v) is 2.12. The summed E-state index contributed by atoms with van der Waals surface area (Å²) in [5.41, 5.74) is 0. The van der Waals surface area contributed by atoms with E-state index in [1.165, 1.54) is 4.90 Å². The van der Waals surface area contributed by atoms with E-state index in [1.807, 2.05) is 13.8 Å². The summed E-state index contributed by atoms with van der Waals surface area (Å²) in [6.45, 7) is 3.52. The first-order chi connectivity index (χ1) is 7.60. The van der Waals surface area contributed by atoms with Gasteiger partial charge < -0.3 is 4.90 Å². The molecule has 1 heterocycles. The third-order valence-electron chi connectivity index (χ3n) is 2.83. The maximum atomic E-state index is 12.4. The summed E-state index contributed by atoms with van der Waals surface area (Å²) < 4.78 is 24.7. The maximum absolute atomic E-state index is 12.4. The van der Waals surface area contributed by atoms with Crippen LogP contribution in [0.5, 0.6) is 0 Å². The first kappa shape index (κ1) is 13.4. The molecule has 0 aromatic rings. The van der Waals surface area contributed by atoms with Gasteiger partial charge in [0.25, 0.3) is 6.43 Å². The van der Waals surface area contributed by atoms with E-state index in [9.17, 15) is 13.6 Å². The van der Waals surface area contributed by atoms with E-state index in [4.69, 9.17) is 0 Å². The Labute approximate surface area is 95.2 Å². The van der Waals surface area contributed by atoms with Crippen LogP contribution >= 0.6 is 0 Å². The van der Waals surface area contributed by atoms with Crippen molar-refractivity contribution in [3.63, 3.8) is 0 Å². The maximum Gasteiger partial charge on any atom is 0.255 e. The molecule has 0 spiro atoms. The molecule has 0 aliphatic carbocycles. The Kier molecular flexibility index (Phi) is 5.12. The molecular formula is C11H20F2N2O. The van der Waals surface area contributed by atoms with E-state index in [-0.39, 0.29) is 18.1 Å². The Hall–Kier alpha value is -0.710. The Morgan fingerprint density at radius 1 is 1.31 bits per heavy atom. The lowest BCUT2D eigenvalue weighted by atomic mass is 10.2. The van der Waals surface area contributed by atoms with E-state index in [0.29, 0.717) is 0 Å². The predicted molar refractivity (Wildman–Crippen MR) is 58.2 cm³/mol. The van der Waals surface area contributed by atoms with Gasteiger partial charge in [-0.05, 0) is 12.8 Å². The lowest BCUT2D eigenvalue weighted by molar-refractivity contribution is -0.132. The van der Waals surface area contributed by atoms with Crippen molar-refractivity contribution in [3.05, 3.63) is 0 Å². The number of nitrogens with zero attached hydrogens (tertiary/aromatic N) is 1. The average molecular weight is 234 g/mol. The van der Waals surface area contributed by atoms with Crippen molar-refractivity contribution >= 4 is 5.91 Å². The molecule has 0 radical (unpaired) electrons. The molecule has 1 rings (SSSR count). The van der Waals surface area contributed by atoms with E-state index >= 15 is 0 Å². The number of hydrogen-bond acceptors (Lipinski definition) is 2. The molecule has 1 N–H and O–H groups in total. The van der Waals surface area contributed by atoms with Gasteiger partial charge in [0.1, 0.15) is 0 Å². The van der Waals surface area contributed by atoms with Crippen molar-refractivity contribution in [1.29, 1.82) is 0 Å². The number of amides is 1. The van der Waals surface area contributed by atoms with Gasteiger partial charge in [-0.3, -0.25) is 10.1 Å². The molecule has 1 aliphatic heterocycles. The number of halogens is 2. The van der Waals surface area contributed by atoms with E-state index < -0.39 is 13.0 Å². The van der Waals surface area contributed by atoms with Crippen molar-refractivity contribution in [2.45, 2.75) is 58.2 Å². The van der Waals surface area contributed by atoms with Gasteiger partial charge in [0.05, 0.1) is 18.8 Å². The topological polar surface area (TPSA) is 32.3 Å². The van der Waals surface area contributed by atoms with Crippen molar-refractivity contribution in [2.24, 2.45) is 0 Å². The molecule has 3 nitrogen and oxygen atoms in total. The van der Waals surface area contributed by atoms with Crippen LogP contribution in [0, 0.1) is 0 Å². The Morgan fingerprint density at radius 3 is 2.44 bits per heavy atom. The van der Waals surface area contributed by atoms with E-state index in [1.54, 1.807) is 0 Å². The zero-order chi connectivity index (χ0) is 12.1. The average Bonchev–Trinajstić information content (AvgIpc) is 2.47. The Balaban J connectivity index is 2.64. The molecule has 0 saturated carbocycles. The molecule has 1 aliphatic rings. The zero-order valence-electron chi connectivity index (χ0n) is 9.88. The summed E-state index contributed by atoms with van der Waals surface area (Å²) in [4.78, 5) is 13.1. The molecule has 2 unspecified atom stereocenters. The molecule has 5 heteroatoms. The molecule has 1 saturated heterocycles. The Morgan fingerprint density at radius 2 is 1.94 bits per heavy atom. The van der Waals surface area contributed by atoms with Gasteiger partial charge in [-0.25, -0.2) is 8.78 Å². The van der Waals surface area contributed by atoms with Crippen molar-refractivity contribution < 1.29 is 13.6 Å². The zero-order valence-corrected chi connectivity index (χ0v) is 9.88. The third-order valence-corrected chi connectivity index (χ3v) is 2.83. The van der Waals surface area contributed by atoms with Crippen LogP contribution in [0.1, 0.15) is 39.5 Å².